The van der Waals surface area contributed by atoms with Crippen LogP contribution in [0.2, 0.25) is 0 Å². The molecule has 1 aliphatic heterocycles. The molecule has 0 spiro atoms. The minimum atomic E-state index is -0.475. The molecule has 116 valence electrons. The Bertz CT molecular complexity index is 481. The number of carbonyl (C=O) groups is 1. The van der Waals surface area contributed by atoms with Gasteiger partial charge in [0.05, 0.1) is 11.9 Å². The maximum atomic E-state index is 11.8. The molecule has 3 N–H and O–H groups in total. The molecule has 0 aromatic carbocycles. The molecule has 21 heavy (non-hydrogen) atoms. The molecule has 0 radical (unpaired) electrons. The van der Waals surface area contributed by atoms with Crippen molar-refractivity contribution >= 4 is 17.6 Å². The first-order valence-electron chi connectivity index (χ1n) is 7.29. The van der Waals surface area contributed by atoms with E-state index in [1.807, 2.05) is 32.9 Å². The highest BCUT2D eigenvalue weighted by Crippen LogP contribution is 2.19. The third-order valence-electron chi connectivity index (χ3n) is 3.24. The van der Waals surface area contributed by atoms with E-state index in [1.165, 1.54) is 0 Å². The average Bonchev–Trinajstić information content (AvgIpc) is 2.37. The quantitative estimate of drug-likeness (QED) is 0.873. The van der Waals surface area contributed by atoms with Gasteiger partial charge in [0.15, 0.2) is 0 Å². The lowest BCUT2D eigenvalue weighted by molar-refractivity contribution is 0.0500. The number of rotatable bonds is 2. The van der Waals surface area contributed by atoms with Gasteiger partial charge in [-0.05, 0) is 45.7 Å². The Morgan fingerprint density at radius 1 is 1.48 bits per heavy atom. The number of aromatic nitrogens is 1. The van der Waals surface area contributed by atoms with Crippen LogP contribution in [-0.4, -0.2) is 35.8 Å². The van der Waals surface area contributed by atoms with E-state index in [0.29, 0.717) is 5.69 Å². The zero-order valence-corrected chi connectivity index (χ0v) is 12.9. The van der Waals surface area contributed by atoms with E-state index in [-0.39, 0.29) is 12.1 Å². The maximum absolute atomic E-state index is 11.8. The molecule has 0 unspecified atom stereocenters. The first kappa shape index (κ1) is 15.4. The Morgan fingerprint density at radius 3 is 2.86 bits per heavy atom. The van der Waals surface area contributed by atoms with Crippen molar-refractivity contribution in [3.63, 3.8) is 0 Å². The maximum Gasteiger partial charge on any atom is 0.407 e. The number of alkyl carbamates (subject to hydrolysis) is 1. The van der Waals surface area contributed by atoms with E-state index < -0.39 is 5.60 Å². The number of pyridine rings is 1. The molecule has 1 atom stereocenters. The molecule has 1 saturated heterocycles. The van der Waals surface area contributed by atoms with Crippen LogP contribution in [0.1, 0.15) is 33.6 Å². The highest BCUT2D eigenvalue weighted by Gasteiger charge is 2.24. The molecule has 0 aliphatic carbocycles. The number of amides is 1. The van der Waals surface area contributed by atoms with Crippen molar-refractivity contribution in [1.82, 2.24) is 10.3 Å². The molecule has 0 bridgehead atoms. The van der Waals surface area contributed by atoms with E-state index in [2.05, 4.69) is 15.2 Å². The molecular formula is C15H24N4O2. The molecule has 1 amide bonds. The zero-order chi connectivity index (χ0) is 15.5. The minimum Gasteiger partial charge on any atom is -0.444 e. The summed E-state index contributed by atoms with van der Waals surface area (Å²) in [5.41, 5.74) is 5.83. The average molecular weight is 292 g/mol. The first-order chi connectivity index (χ1) is 9.83. The smallest absolute Gasteiger partial charge is 0.407 e. The standard InChI is InChI=1S/C15H24N4O2/c1-15(2,3)21-14(20)18-12-5-4-8-19(10-12)13-7-6-11(16)9-17-13/h6-7,9,12H,4-5,8,10,16H2,1-3H3,(H,18,20)/t12-/m1/s1. The Balaban J connectivity index is 1.91. The molecule has 1 aromatic rings. The van der Waals surface area contributed by atoms with Crippen molar-refractivity contribution in [2.45, 2.75) is 45.3 Å². The lowest BCUT2D eigenvalue weighted by atomic mass is 10.1. The van der Waals surface area contributed by atoms with Crippen LogP contribution >= 0.6 is 0 Å². The molecule has 0 saturated carbocycles. The predicted octanol–water partition coefficient (Wildman–Crippen LogP) is 2.16. The fraction of sp³-hybridized carbons (Fsp3) is 0.600. The fourth-order valence-corrected chi connectivity index (χ4v) is 2.36. The summed E-state index contributed by atoms with van der Waals surface area (Å²) in [5, 5.41) is 2.93. The van der Waals surface area contributed by atoms with Gasteiger partial charge in [-0.3, -0.25) is 0 Å². The molecule has 6 nitrogen and oxygen atoms in total. The Kier molecular flexibility index (Phi) is 4.55. The Labute approximate surface area is 125 Å². The summed E-state index contributed by atoms with van der Waals surface area (Å²) >= 11 is 0. The van der Waals surface area contributed by atoms with Crippen molar-refractivity contribution < 1.29 is 9.53 Å². The lowest BCUT2D eigenvalue weighted by Gasteiger charge is -2.34. The van der Waals surface area contributed by atoms with Crippen molar-refractivity contribution in [3.05, 3.63) is 18.3 Å². The number of piperidine rings is 1. The van der Waals surface area contributed by atoms with Crippen LogP contribution in [0.5, 0.6) is 0 Å². The number of anilines is 2. The largest absolute Gasteiger partial charge is 0.444 e. The summed E-state index contributed by atoms with van der Waals surface area (Å²) in [4.78, 5) is 18.3. The number of carbonyl (C=O) groups excluding carboxylic acids is 1. The predicted molar refractivity (Wildman–Crippen MR) is 83.3 cm³/mol. The van der Waals surface area contributed by atoms with Crippen LogP contribution in [0.15, 0.2) is 18.3 Å². The number of ether oxygens (including phenoxy) is 1. The molecule has 2 heterocycles. The number of nitrogens with one attached hydrogen (secondary N) is 1. The molecular weight excluding hydrogens is 268 g/mol. The summed E-state index contributed by atoms with van der Waals surface area (Å²) in [6.07, 6.45) is 3.25. The number of hydrogen-bond donors (Lipinski definition) is 2. The van der Waals surface area contributed by atoms with Gasteiger partial charge in [0.1, 0.15) is 11.4 Å². The van der Waals surface area contributed by atoms with Gasteiger partial charge in [-0.15, -0.1) is 0 Å². The third-order valence-corrected chi connectivity index (χ3v) is 3.24. The summed E-state index contributed by atoms with van der Waals surface area (Å²) in [6, 6.07) is 3.83. The van der Waals surface area contributed by atoms with Crippen LogP contribution in [0.3, 0.4) is 0 Å². The Hall–Kier alpha value is -1.98. The van der Waals surface area contributed by atoms with E-state index >= 15 is 0 Å². The summed E-state index contributed by atoms with van der Waals surface area (Å²) < 4.78 is 5.30. The second-order valence-electron chi connectivity index (χ2n) is 6.38. The third kappa shape index (κ3) is 4.81. The zero-order valence-electron chi connectivity index (χ0n) is 12.9. The first-order valence-corrected chi connectivity index (χ1v) is 7.29. The van der Waals surface area contributed by atoms with Gasteiger partial charge in [0, 0.05) is 19.1 Å². The molecule has 1 fully saturated rings. The van der Waals surface area contributed by atoms with Crippen molar-refractivity contribution in [2.75, 3.05) is 23.7 Å². The molecule has 1 aliphatic rings. The highest BCUT2D eigenvalue weighted by molar-refractivity contribution is 5.68. The van der Waals surface area contributed by atoms with Crippen molar-refractivity contribution in [2.24, 2.45) is 0 Å². The van der Waals surface area contributed by atoms with Crippen molar-refractivity contribution in [1.29, 1.82) is 0 Å². The monoisotopic (exact) mass is 292 g/mol. The Morgan fingerprint density at radius 2 is 2.24 bits per heavy atom. The van der Waals surface area contributed by atoms with Gasteiger partial charge in [-0.25, -0.2) is 9.78 Å². The van der Waals surface area contributed by atoms with Crippen LogP contribution in [-0.2, 0) is 4.74 Å². The van der Waals surface area contributed by atoms with E-state index in [0.717, 1.165) is 31.7 Å². The summed E-state index contributed by atoms with van der Waals surface area (Å²) in [6.45, 7) is 7.24. The molecule has 6 heteroatoms. The number of nitrogens with two attached hydrogens (primary N) is 1. The van der Waals surface area contributed by atoms with Crippen molar-refractivity contribution in [3.8, 4) is 0 Å². The second-order valence-corrected chi connectivity index (χ2v) is 6.38. The SMILES string of the molecule is CC(C)(C)OC(=O)N[C@@H]1CCCN(c2ccc(N)cn2)C1. The molecule has 1 aromatic heterocycles. The lowest BCUT2D eigenvalue weighted by Crippen LogP contribution is -2.49. The van der Waals surface area contributed by atoms with Crippen LogP contribution in [0, 0.1) is 0 Å². The second kappa shape index (κ2) is 6.20. The van der Waals surface area contributed by atoms with Gasteiger partial charge >= 0.3 is 6.09 Å². The number of nitrogens with zero attached hydrogens (tertiary/aromatic N) is 2. The van der Waals surface area contributed by atoms with E-state index in [4.69, 9.17) is 10.5 Å². The van der Waals surface area contributed by atoms with E-state index in [1.54, 1.807) is 6.20 Å². The fourth-order valence-electron chi connectivity index (χ4n) is 2.36. The highest BCUT2D eigenvalue weighted by atomic mass is 16.6. The van der Waals surface area contributed by atoms with Gasteiger partial charge in [-0.2, -0.15) is 0 Å². The normalized spacial score (nSPS) is 19.2. The number of nitrogen functional groups attached to an aromatic ring is 1. The number of hydrogen-bond acceptors (Lipinski definition) is 5. The van der Waals surface area contributed by atoms with Gasteiger partial charge < -0.3 is 20.7 Å². The van der Waals surface area contributed by atoms with Crippen LogP contribution < -0.4 is 16.0 Å². The van der Waals surface area contributed by atoms with Crippen LogP contribution in [0.25, 0.3) is 0 Å². The summed E-state index contributed by atoms with van der Waals surface area (Å²) in [5.74, 6) is 0.889. The van der Waals surface area contributed by atoms with Gasteiger partial charge in [0.2, 0.25) is 0 Å². The van der Waals surface area contributed by atoms with Gasteiger partial charge in [-0.1, -0.05) is 0 Å². The minimum absolute atomic E-state index is 0.0768. The molecule has 2 rings (SSSR count). The topological polar surface area (TPSA) is 80.5 Å². The van der Waals surface area contributed by atoms with Gasteiger partial charge in [0.25, 0.3) is 0 Å². The summed E-state index contributed by atoms with van der Waals surface area (Å²) in [7, 11) is 0. The van der Waals surface area contributed by atoms with E-state index in [9.17, 15) is 4.79 Å². The van der Waals surface area contributed by atoms with Crippen LogP contribution in [0.4, 0.5) is 16.3 Å².